The predicted octanol–water partition coefficient (Wildman–Crippen LogP) is 5.46. The van der Waals surface area contributed by atoms with Gasteiger partial charge in [-0.25, -0.2) is 0 Å². The number of aliphatic hydroxyl groups excluding tert-OH is 1. The monoisotopic (exact) mass is 497 g/mol. The van der Waals surface area contributed by atoms with Gasteiger partial charge in [-0.3, -0.25) is 9.59 Å². The van der Waals surface area contributed by atoms with Crippen molar-refractivity contribution in [2.75, 3.05) is 27.3 Å². The molecule has 2 aromatic rings. The van der Waals surface area contributed by atoms with Gasteiger partial charge in [-0.15, -0.1) is 0 Å². The minimum Gasteiger partial charge on any atom is -0.491 e. The van der Waals surface area contributed by atoms with Gasteiger partial charge in [-0.2, -0.15) is 0 Å². The molecule has 0 radical (unpaired) electrons. The Balaban J connectivity index is 2.03. The van der Waals surface area contributed by atoms with Crippen LogP contribution in [0.25, 0.3) is 0 Å². The third-order valence-electron chi connectivity index (χ3n) is 6.80. The first-order valence-corrected chi connectivity index (χ1v) is 12.7. The Kier molecular flexibility index (Phi) is 10.5. The van der Waals surface area contributed by atoms with Gasteiger partial charge in [0.25, 0.3) is 5.91 Å². The van der Waals surface area contributed by atoms with Crippen molar-refractivity contribution in [3.63, 3.8) is 0 Å². The van der Waals surface area contributed by atoms with E-state index in [1.54, 1.807) is 7.05 Å². The lowest BCUT2D eigenvalue weighted by Gasteiger charge is -2.26. The summed E-state index contributed by atoms with van der Waals surface area (Å²) in [6.07, 6.45) is 2.40. The van der Waals surface area contributed by atoms with E-state index in [0.717, 1.165) is 36.1 Å². The molecule has 2 atom stereocenters. The number of hydrogen-bond acceptors (Lipinski definition) is 5. The van der Waals surface area contributed by atoms with Crippen LogP contribution in [0.5, 0.6) is 5.75 Å². The molecule has 6 nitrogen and oxygen atoms in total. The number of carbonyl (C=O) groups excluding carboxylic acids is 2. The zero-order valence-electron chi connectivity index (χ0n) is 23.2. The normalized spacial score (nSPS) is 13.1. The Bertz CT molecular complexity index is 1040. The number of carbonyl (C=O) groups is 2. The van der Waals surface area contributed by atoms with E-state index >= 15 is 0 Å². The molecule has 0 heterocycles. The van der Waals surface area contributed by atoms with E-state index < -0.39 is 12.1 Å². The van der Waals surface area contributed by atoms with Crippen LogP contribution in [0, 0.1) is 19.3 Å². The van der Waals surface area contributed by atoms with Gasteiger partial charge in [0.15, 0.2) is 0 Å². The Morgan fingerprint density at radius 3 is 2.31 bits per heavy atom. The summed E-state index contributed by atoms with van der Waals surface area (Å²) in [5.74, 6) is 0.551. The van der Waals surface area contributed by atoms with E-state index in [1.165, 1.54) is 23.1 Å². The zero-order valence-corrected chi connectivity index (χ0v) is 23.2. The summed E-state index contributed by atoms with van der Waals surface area (Å²) >= 11 is 0. The van der Waals surface area contributed by atoms with Gasteiger partial charge in [0, 0.05) is 12.6 Å². The highest BCUT2D eigenvalue weighted by molar-refractivity contribution is 5.97. The summed E-state index contributed by atoms with van der Waals surface area (Å²) in [6, 6.07) is 12.2. The number of nitrogens with zero attached hydrogens (tertiary/aromatic N) is 1. The van der Waals surface area contributed by atoms with Crippen molar-refractivity contribution in [3.8, 4) is 5.75 Å². The van der Waals surface area contributed by atoms with Crippen molar-refractivity contribution in [1.82, 2.24) is 4.90 Å². The second-order valence-corrected chi connectivity index (χ2v) is 10.7. The number of methoxy groups -OCH3 is 1. The zero-order chi connectivity index (χ0) is 27.0. The summed E-state index contributed by atoms with van der Waals surface area (Å²) in [5, 5.41) is 10.2. The van der Waals surface area contributed by atoms with Gasteiger partial charge in [-0.1, -0.05) is 52.0 Å². The quantitative estimate of drug-likeness (QED) is 0.417. The summed E-state index contributed by atoms with van der Waals surface area (Å²) in [4.78, 5) is 25.7. The molecule has 198 valence electrons. The Hall–Kier alpha value is -2.86. The first-order valence-electron chi connectivity index (χ1n) is 12.7. The molecule has 0 aliphatic carbocycles. The van der Waals surface area contributed by atoms with Gasteiger partial charge in [0.05, 0.1) is 13.2 Å². The number of rotatable bonds is 11. The van der Waals surface area contributed by atoms with Crippen molar-refractivity contribution in [2.45, 2.75) is 72.8 Å². The molecule has 0 saturated heterocycles. The van der Waals surface area contributed by atoms with Gasteiger partial charge in [0.1, 0.15) is 18.9 Å². The first-order chi connectivity index (χ1) is 16.9. The second-order valence-electron chi connectivity index (χ2n) is 10.7. The van der Waals surface area contributed by atoms with Crippen LogP contribution in [0.15, 0.2) is 36.4 Å². The van der Waals surface area contributed by atoms with Crippen molar-refractivity contribution < 1.29 is 24.2 Å². The lowest BCUT2D eigenvalue weighted by Crippen LogP contribution is -2.33. The largest absolute Gasteiger partial charge is 0.491 e. The highest BCUT2D eigenvalue weighted by atomic mass is 16.5. The van der Waals surface area contributed by atoms with Gasteiger partial charge in [0.2, 0.25) is 0 Å². The van der Waals surface area contributed by atoms with Crippen LogP contribution in [0.1, 0.15) is 79.1 Å². The maximum Gasteiger partial charge on any atom is 0.325 e. The van der Waals surface area contributed by atoms with E-state index in [0.29, 0.717) is 11.5 Å². The van der Waals surface area contributed by atoms with E-state index in [2.05, 4.69) is 29.9 Å². The fourth-order valence-corrected chi connectivity index (χ4v) is 4.11. The molecule has 0 saturated carbocycles. The Labute approximate surface area is 216 Å². The number of hydrogen-bond donors (Lipinski definition) is 1. The minimum absolute atomic E-state index is 0.0749. The Morgan fingerprint density at radius 2 is 1.75 bits per heavy atom. The van der Waals surface area contributed by atoms with E-state index in [-0.39, 0.29) is 24.5 Å². The number of amides is 1. The van der Waals surface area contributed by atoms with Crippen LogP contribution in [-0.4, -0.2) is 55.3 Å². The molecule has 1 amide bonds. The van der Waals surface area contributed by atoms with Crippen LogP contribution in [-0.2, 0) is 16.0 Å². The van der Waals surface area contributed by atoms with Crippen molar-refractivity contribution >= 4 is 11.9 Å². The highest BCUT2D eigenvalue weighted by Crippen LogP contribution is 2.29. The second kappa shape index (κ2) is 12.9. The average Bonchev–Trinajstić information content (AvgIpc) is 2.82. The number of benzene rings is 2. The topological polar surface area (TPSA) is 76.1 Å². The van der Waals surface area contributed by atoms with Crippen molar-refractivity contribution in [1.29, 1.82) is 0 Å². The standard InChI is InChI=1S/C30H43NO5/c1-9-23(24-13-14-25(20(2)17-24)29(34)31(7)18-28(33)35-8)12-10-22-11-15-26(21(3)16-22)36-19-27(32)30(4,5)6/h11,13-17,23,27,32H,9-10,12,18-19H2,1-8H3. The predicted molar refractivity (Wildman–Crippen MR) is 144 cm³/mol. The summed E-state index contributed by atoms with van der Waals surface area (Å²) in [7, 11) is 2.92. The first kappa shape index (κ1) is 29.4. The Morgan fingerprint density at radius 1 is 1.06 bits per heavy atom. The maximum atomic E-state index is 12.8. The number of esters is 1. The molecular weight excluding hydrogens is 454 g/mol. The van der Waals surface area contributed by atoms with Crippen LogP contribution in [0.4, 0.5) is 0 Å². The minimum atomic E-state index is -0.528. The summed E-state index contributed by atoms with van der Waals surface area (Å²) in [6.45, 7) is 12.4. The third kappa shape index (κ3) is 8.09. The molecular formula is C30H43NO5. The number of aliphatic hydroxyl groups is 1. The highest BCUT2D eigenvalue weighted by Gasteiger charge is 2.23. The van der Waals surface area contributed by atoms with Crippen LogP contribution >= 0.6 is 0 Å². The van der Waals surface area contributed by atoms with E-state index in [1.807, 2.05) is 52.8 Å². The molecule has 6 heteroatoms. The molecule has 0 aliphatic heterocycles. The fraction of sp³-hybridized carbons (Fsp3) is 0.533. The van der Waals surface area contributed by atoms with E-state index in [9.17, 15) is 14.7 Å². The molecule has 2 unspecified atom stereocenters. The van der Waals surface area contributed by atoms with E-state index in [4.69, 9.17) is 4.74 Å². The SMILES string of the molecule is CCC(CCc1ccc(OCC(O)C(C)(C)C)c(C)c1)c1ccc(C(=O)N(C)CC(=O)OC)c(C)c1. The molecule has 0 fully saturated rings. The van der Waals surface area contributed by atoms with Gasteiger partial charge < -0.3 is 19.5 Å². The maximum absolute atomic E-state index is 12.8. The van der Waals surface area contributed by atoms with Crippen LogP contribution < -0.4 is 4.74 Å². The molecule has 36 heavy (non-hydrogen) atoms. The third-order valence-corrected chi connectivity index (χ3v) is 6.80. The number of likely N-dealkylation sites (N-methyl/N-ethyl adjacent to an activating group) is 1. The van der Waals surface area contributed by atoms with Gasteiger partial charge >= 0.3 is 5.97 Å². The molecule has 0 aliphatic rings. The molecule has 0 bridgehead atoms. The fourth-order valence-electron chi connectivity index (χ4n) is 4.11. The molecule has 1 N–H and O–H groups in total. The lowest BCUT2D eigenvalue weighted by molar-refractivity contribution is -0.141. The summed E-state index contributed by atoms with van der Waals surface area (Å²) < 4.78 is 10.5. The van der Waals surface area contributed by atoms with Crippen molar-refractivity contribution in [2.24, 2.45) is 5.41 Å². The van der Waals surface area contributed by atoms with Crippen LogP contribution in [0.3, 0.4) is 0 Å². The smallest absolute Gasteiger partial charge is 0.325 e. The average molecular weight is 498 g/mol. The van der Waals surface area contributed by atoms with Crippen molar-refractivity contribution in [3.05, 3.63) is 64.2 Å². The van der Waals surface area contributed by atoms with Gasteiger partial charge in [-0.05, 0) is 78.8 Å². The number of ether oxygens (including phenoxy) is 2. The molecule has 0 aromatic heterocycles. The molecule has 2 rings (SSSR count). The van der Waals surface area contributed by atoms with Crippen LogP contribution in [0.2, 0.25) is 0 Å². The molecule has 0 spiro atoms. The lowest BCUT2D eigenvalue weighted by atomic mass is 9.88. The summed E-state index contributed by atoms with van der Waals surface area (Å²) in [5.41, 5.74) is 4.82. The number of aryl methyl sites for hydroxylation is 3. The molecule has 2 aromatic carbocycles.